The molecule has 24 heavy (non-hydrogen) atoms. The van der Waals surface area contributed by atoms with Gasteiger partial charge in [0.25, 0.3) is 5.91 Å². The van der Waals surface area contributed by atoms with E-state index in [2.05, 4.69) is 5.32 Å². The molecular formula is C18H21N3O3. The number of para-hydroxylation sites is 1. The predicted molar refractivity (Wildman–Crippen MR) is 93.2 cm³/mol. The fraction of sp³-hybridized carbons (Fsp3) is 0.222. The number of carbonyl (C=O) groups excluding carboxylic acids is 2. The van der Waals surface area contributed by atoms with Crippen LogP contribution >= 0.6 is 0 Å². The molecule has 2 aromatic rings. The number of hydrogen-bond donors (Lipinski definition) is 2. The minimum Gasteiger partial charge on any atom is -0.496 e. The maximum atomic E-state index is 12.7. The number of anilines is 1. The van der Waals surface area contributed by atoms with Crippen molar-refractivity contribution in [2.45, 2.75) is 13.0 Å². The molecule has 0 aliphatic rings. The van der Waals surface area contributed by atoms with E-state index in [1.54, 1.807) is 43.3 Å². The van der Waals surface area contributed by atoms with Gasteiger partial charge in [-0.1, -0.05) is 18.2 Å². The molecule has 0 saturated heterocycles. The van der Waals surface area contributed by atoms with Crippen LogP contribution in [-0.4, -0.2) is 31.0 Å². The SMILES string of the molecule is COc1ccccc1[C@@H](C)N(C)C(=O)c1ccc(NC(N)=O)cc1. The highest BCUT2D eigenvalue weighted by Gasteiger charge is 2.21. The van der Waals surface area contributed by atoms with E-state index < -0.39 is 6.03 Å². The highest BCUT2D eigenvalue weighted by molar-refractivity contribution is 5.95. The lowest BCUT2D eigenvalue weighted by atomic mass is 10.0. The van der Waals surface area contributed by atoms with Crippen molar-refractivity contribution in [2.75, 3.05) is 19.5 Å². The first-order valence-corrected chi connectivity index (χ1v) is 7.50. The van der Waals surface area contributed by atoms with E-state index in [0.29, 0.717) is 11.3 Å². The summed E-state index contributed by atoms with van der Waals surface area (Å²) in [4.78, 5) is 25.1. The molecule has 3 N–H and O–H groups in total. The number of rotatable bonds is 5. The standard InChI is InChI=1S/C18H21N3O3/c1-12(15-6-4-5-7-16(15)24-3)21(2)17(22)13-8-10-14(11-9-13)20-18(19)23/h4-12H,1-3H3,(H3,19,20,23)/t12-/m1/s1. The summed E-state index contributed by atoms with van der Waals surface area (Å²) >= 11 is 0. The molecule has 0 spiro atoms. The van der Waals surface area contributed by atoms with Crippen molar-refractivity contribution in [3.8, 4) is 5.75 Å². The maximum Gasteiger partial charge on any atom is 0.316 e. The average molecular weight is 327 g/mol. The monoisotopic (exact) mass is 327 g/mol. The number of hydrogen-bond acceptors (Lipinski definition) is 3. The van der Waals surface area contributed by atoms with Crippen molar-refractivity contribution in [3.05, 3.63) is 59.7 Å². The number of benzene rings is 2. The van der Waals surface area contributed by atoms with Gasteiger partial charge < -0.3 is 20.7 Å². The Balaban J connectivity index is 2.17. The molecule has 3 amide bonds. The van der Waals surface area contributed by atoms with Gasteiger partial charge in [-0.25, -0.2) is 4.79 Å². The van der Waals surface area contributed by atoms with Crippen molar-refractivity contribution >= 4 is 17.6 Å². The van der Waals surface area contributed by atoms with Crippen LogP contribution in [0.5, 0.6) is 5.75 Å². The van der Waals surface area contributed by atoms with Crippen LogP contribution in [0, 0.1) is 0 Å². The van der Waals surface area contributed by atoms with Gasteiger partial charge in [0.2, 0.25) is 0 Å². The Hall–Kier alpha value is -3.02. The van der Waals surface area contributed by atoms with Crippen LogP contribution in [0.15, 0.2) is 48.5 Å². The van der Waals surface area contributed by atoms with Gasteiger partial charge in [0.1, 0.15) is 5.75 Å². The smallest absolute Gasteiger partial charge is 0.316 e. The fourth-order valence-electron chi connectivity index (χ4n) is 2.44. The number of carbonyl (C=O) groups is 2. The van der Waals surface area contributed by atoms with E-state index in [1.807, 2.05) is 31.2 Å². The zero-order valence-electron chi connectivity index (χ0n) is 13.9. The molecule has 6 nitrogen and oxygen atoms in total. The van der Waals surface area contributed by atoms with Crippen molar-refractivity contribution in [1.82, 2.24) is 4.90 Å². The quantitative estimate of drug-likeness (QED) is 0.885. The maximum absolute atomic E-state index is 12.7. The Bertz CT molecular complexity index is 729. The molecule has 6 heteroatoms. The molecule has 0 aliphatic carbocycles. The summed E-state index contributed by atoms with van der Waals surface area (Å²) in [5, 5.41) is 2.46. The Morgan fingerprint density at radius 3 is 2.33 bits per heavy atom. The van der Waals surface area contributed by atoms with Crippen LogP contribution < -0.4 is 15.8 Å². The number of methoxy groups -OCH3 is 1. The number of ether oxygens (including phenoxy) is 1. The number of primary amides is 1. The van der Waals surface area contributed by atoms with Crippen molar-refractivity contribution in [2.24, 2.45) is 5.73 Å². The summed E-state index contributed by atoms with van der Waals surface area (Å²) in [6, 6.07) is 13.4. The highest BCUT2D eigenvalue weighted by Crippen LogP contribution is 2.29. The molecule has 0 radical (unpaired) electrons. The first-order valence-electron chi connectivity index (χ1n) is 7.50. The first-order chi connectivity index (χ1) is 11.4. The summed E-state index contributed by atoms with van der Waals surface area (Å²) < 4.78 is 5.36. The number of nitrogens with one attached hydrogen (secondary N) is 1. The van der Waals surface area contributed by atoms with E-state index in [9.17, 15) is 9.59 Å². The Kier molecular flexibility index (Phi) is 5.42. The predicted octanol–water partition coefficient (Wildman–Crippen LogP) is 3.02. The van der Waals surface area contributed by atoms with Gasteiger partial charge in [0.05, 0.1) is 13.2 Å². The second kappa shape index (κ2) is 7.50. The van der Waals surface area contributed by atoms with E-state index in [1.165, 1.54) is 0 Å². The van der Waals surface area contributed by atoms with E-state index in [-0.39, 0.29) is 11.9 Å². The topological polar surface area (TPSA) is 84.7 Å². The molecule has 0 saturated carbocycles. The number of urea groups is 1. The second-order valence-electron chi connectivity index (χ2n) is 5.40. The fourth-order valence-corrected chi connectivity index (χ4v) is 2.44. The van der Waals surface area contributed by atoms with Crippen molar-refractivity contribution in [3.63, 3.8) is 0 Å². The first kappa shape index (κ1) is 17.3. The van der Waals surface area contributed by atoms with E-state index >= 15 is 0 Å². The average Bonchev–Trinajstić information content (AvgIpc) is 2.60. The van der Waals surface area contributed by atoms with Crippen LogP contribution in [0.2, 0.25) is 0 Å². The zero-order valence-corrected chi connectivity index (χ0v) is 13.9. The van der Waals surface area contributed by atoms with Crippen molar-refractivity contribution in [1.29, 1.82) is 0 Å². The Morgan fingerprint density at radius 1 is 1.12 bits per heavy atom. The molecule has 0 heterocycles. The van der Waals surface area contributed by atoms with Crippen LogP contribution in [0.1, 0.15) is 28.9 Å². The molecule has 0 bridgehead atoms. The largest absolute Gasteiger partial charge is 0.496 e. The molecule has 0 fully saturated rings. The molecule has 2 rings (SSSR count). The third kappa shape index (κ3) is 3.84. The Labute approximate surface area is 141 Å². The van der Waals surface area contributed by atoms with Gasteiger partial charge >= 0.3 is 6.03 Å². The van der Waals surface area contributed by atoms with Gasteiger partial charge in [-0.15, -0.1) is 0 Å². The number of amides is 3. The minimum absolute atomic E-state index is 0.126. The molecule has 0 aromatic heterocycles. The third-order valence-electron chi connectivity index (χ3n) is 3.89. The second-order valence-corrected chi connectivity index (χ2v) is 5.40. The molecule has 0 aliphatic heterocycles. The van der Waals surface area contributed by atoms with Gasteiger partial charge in [0.15, 0.2) is 0 Å². The van der Waals surface area contributed by atoms with Crippen LogP contribution in [-0.2, 0) is 0 Å². The molecule has 1 atom stereocenters. The summed E-state index contributed by atoms with van der Waals surface area (Å²) in [6.07, 6.45) is 0. The highest BCUT2D eigenvalue weighted by atomic mass is 16.5. The van der Waals surface area contributed by atoms with Crippen molar-refractivity contribution < 1.29 is 14.3 Å². The normalized spacial score (nSPS) is 11.5. The van der Waals surface area contributed by atoms with E-state index in [4.69, 9.17) is 10.5 Å². The minimum atomic E-state index is -0.643. The summed E-state index contributed by atoms with van der Waals surface area (Å²) in [7, 11) is 3.35. The summed E-state index contributed by atoms with van der Waals surface area (Å²) in [5.74, 6) is 0.615. The lowest BCUT2D eigenvalue weighted by Gasteiger charge is -2.26. The summed E-state index contributed by atoms with van der Waals surface area (Å²) in [6.45, 7) is 1.94. The lowest BCUT2D eigenvalue weighted by molar-refractivity contribution is 0.0741. The number of nitrogens with zero attached hydrogens (tertiary/aromatic N) is 1. The van der Waals surface area contributed by atoms with Gasteiger partial charge in [-0.2, -0.15) is 0 Å². The molecular weight excluding hydrogens is 306 g/mol. The van der Waals surface area contributed by atoms with Crippen LogP contribution in [0.3, 0.4) is 0 Å². The number of nitrogens with two attached hydrogens (primary N) is 1. The molecule has 0 unspecified atom stereocenters. The van der Waals surface area contributed by atoms with Gasteiger partial charge in [-0.05, 0) is 37.3 Å². The van der Waals surface area contributed by atoms with Crippen LogP contribution in [0.25, 0.3) is 0 Å². The molecule has 2 aromatic carbocycles. The molecule has 126 valence electrons. The summed E-state index contributed by atoms with van der Waals surface area (Å²) in [5.41, 5.74) is 7.06. The van der Waals surface area contributed by atoms with E-state index in [0.717, 1.165) is 11.3 Å². The van der Waals surface area contributed by atoms with Gasteiger partial charge in [0, 0.05) is 23.9 Å². The third-order valence-corrected chi connectivity index (χ3v) is 3.89. The van der Waals surface area contributed by atoms with Gasteiger partial charge in [-0.3, -0.25) is 4.79 Å². The zero-order chi connectivity index (χ0) is 17.7. The lowest BCUT2D eigenvalue weighted by Crippen LogP contribution is -2.30. The Morgan fingerprint density at radius 2 is 1.75 bits per heavy atom. The van der Waals surface area contributed by atoms with Crippen LogP contribution in [0.4, 0.5) is 10.5 Å².